The lowest BCUT2D eigenvalue weighted by Gasteiger charge is -2.37. The van der Waals surface area contributed by atoms with E-state index in [1.165, 1.54) is 18.5 Å². The van der Waals surface area contributed by atoms with Crippen LogP contribution in [0.15, 0.2) is 48.8 Å². The van der Waals surface area contributed by atoms with Crippen molar-refractivity contribution in [3.63, 3.8) is 0 Å². The van der Waals surface area contributed by atoms with Gasteiger partial charge in [0, 0.05) is 121 Å². The zero-order chi connectivity index (χ0) is 49.7. The molecule has 0 unspecified atom stereocenters. The van der Waals surface area contributed by atoms with Crippen LogP contribution in [0.5, 0.6) is 0 Å². The molecule has 6 rings (SSSR count). The topological polar surface area (TPSA) is 276 Å². The van der Waals surface area contributed by atoms with Crippen molar-refractivity contribution < 1.29 is 57.7 Å². The Morgan fingerprint density at radius 3 is 1.75 bits per heavy atom. The number of carboxylic acid groups (broad SMARTS) is 3. The minimum absolute atomic E-state index is 0.0499. The molecule has 0 bridgehead atoms. The lowest BCUT2D eigenvalue weighted by atomic mass is 10.0. The van der Waals surface area contributed by atoms with Gasteiger partial charge in [-0.05, 0) is 29.8 Å². The lowest BCUT2D eigenvalue weighted by Crippen LogP contribution is -2.53. The molecule has 370 valence electrons. The Morgan fingerprint density at radius 2 is 1.22 bits per heavy atom. The number of carboxylic acids is 3. The van der Waals surface area contributed by atoms with Crippen molar-refractivity contribution in [2.45, 2.75) is 18.4 Å². The molecular weight excluding hydrogens is 907 g/mol. The van der Waals surface area contributed by atoms with E-state index < -0.39 is 67.1 Å². The summed E-state index contributed by atoms with van der Waals surface area (Å²) in [6, 6.07) is 10.4. The summed E-state index contributed by atoms with van der Waals surface area (Å²) < 4.78 is 27.7. The largest absolute Gasteiger partial charge is 0.480 e. The molecule has 4 amide bonds. The fourth-order valence-corrected chi connectivity index (χ4v) is 8.48. The number of amides is 4. The average Bonchev–Trinajstić information content (AvgIpc) is 3.65. The van der Waals surface area contributed by atoms with Gasteiger partial charge in [0.05, 0.1) is 56.4 Å². The smallest absolute Gasteiger partial charge is 0.317 e. The highest BCUT2D eigenvalue weighted by Crippen LogP contribution is 2.32. The highest BCUT2D eigenvalue weighted by atomic mass is 19.3. The van der Waals surface area contributed by atoms with E-state index in [0.717, 1.165) is 4.90 Å². The molecule has 0 saturated carbocycles. The maximum atomic E-state index is 13.9. The van der Waals surface area contributed by atoms with Crippen LogP contribution in [0.4, 0.5) is 8.78 Å². The van der Waals surface area contributed by atoms with E-state index in [9.17, 15) is 62.9 Å². The summed E-state index contributed by atoms with van der Waals surface area (Å²) in [4.78, 5) is 108. The molecule has 1 aromatic carbocycles. The fourth-order valence-electron chi connectivity index (χ4n) is 8.48. The Bertz CT molecular complexity index is 2370. The number of aliphatic carboxylic acids is 3. The van der Waals surface area contributed by atoms with E-state index in [4.69, 9.17) is 0 Å². The van der Waals surface area contributed by atoms with Gasteiger partial charge in [-0.25, -0.2) is 8.78 Å². The number of benzene rings is 1. The zero-order valence-corrected chi connectivity index (χ0v) is 38.0. The number of pyridine rings is 2. The van der Waals surface area contributed by atoms with Crippen LogP contribution in [-0.2, 0) is 24.0 Å². The second-order valence-corrected chi connectivity index (χ2v) is 17.2. The fraction of sp³-hybridized carbons (Fsp3) is 0.511. The number of nitrogens with one attached hydrogen (secondary N) is 2. The van der Waals surface area contributed by atoms with Gasteiger partial charge in [0.1, 0.15) is 11.7 Å². The Labute approximate surface area is 396 Å². The molecule has 69 heavy (non-hydrogen) atoms. The van der Waals surface area contributed by atoms with Gasteiger partial charge in [-0.2, -0.15) is 5.26 Å². The third-order valence-corrected chi connectivity index (χ3v) is 12.3. The van der Waals surface area contributed by atoms with Crippen molar-refractivity contribution in [1.82, 2.24) is 54.9 Å². The summed E-state index contributed by atoms with van der Waals surface area (Å²) in [6.45, 7) is 3.04. The number of carbonyl (C=O) groups is 7. The van der Waals surface area contributed by atoms with Gasteiger partial charge in [-0.15, -0.1) is 0 Å². The van der Waals surface area contributed by atoms with Gasteiger partial charge in [-0.3, -0.25) is 68.0 Å². The number of hydrogen-bond donors (Lipinski definition) is 5. The molecule has 3 aliphatic rings. The Balaban J connectivity index is 0.966. The van der Waals surface area contributed by atoms with Crippen molar-refractivity contribution in [2.24, 2.45) is 0 Å². The van der Waals surface area contributed by atoms with Crippen LogP contribution in [0.1, 0.15) is 27.3 Å². The second kappa shape index (κ2) is 24.0. The Hall–Kier alpha value is -6.78. The van der Waals surface area contributed by atoms with E-state index >= 15 is 0 Å². The second-order valence-electron chi connectivity index (χ2n) is 17.2. The van der Waals surface area contributed by atoms with Gasteiger partial charge >= 0.3 is 17.9 Å². The van der Waals surface area contributed by atoms with Gasteiger partial charge in [-0.1, -0.05) is 12.1 Å². The molecule has 2 aromatic heterocycles. The van der Waals surface area contributed by atoms with Crippen LogP contribution in [-0.4, -0.2) is 244 Å². The summed E-state index contributed by atoms with van der Waals surface area (Å²) in [5, 5.41) is 43.5. The molecule has 0 spiro atoms. The predicted octanol–water partition coefficient (Wildman–Crippen LogP) is -0.864. The molecule has 3 saturated heterocycles. The zero-order valence-electron chi connectivity index (χ0n) is 38.0. The van der Waals surface area contributed by atoms with Gasteiger partial charge in [0.25, 0.3) is 17.7 Å². The van der Waals surface area contributed by atoms with Crippen molar-refractivity contribution in [3.8, 4) is 17.2 Å². The van der Waals surface area contributed by atoms with Crippen LogP contribution >= 0.6 is 0 Å². The van der Waals surface area contributed by atoms with Crippen molar-refractivity contribution in [3.05, 3.63) is 60.0 Å². The first-order valence-electron chi connectivity index (χ1n) is 22.5. The van der Waals surface area contributed by atoms with Gasteiger partial charge < -0.3 is 35.8 Å². The number of piperazine rings is 1. The van der Waals surface area contributed by atoms with Gasteiger partial charge in [0.2, 0.25) is 11.8 Å². The number of carbonyl (C=O) groups excluding carboxylic acids is 4. The molecule has 3 aliphatic heterocycles. The van der Waals surface area contributed by atoms with E-state index in [1.807, 2.05) is 4.90 Å². The molecule has 3 aromatic rings. The van der Waals surface area contributed by atoms with E-state index in [1.54, 1.807) is 56.0 Å². The molecule has 5 N–H and O–H groups in total. The maximum absolute atomic E-state index is 13.9. The molecule has 24 heteroatoms. The summed E-state index contributed by atoms with van der Waals surface area (Å²) in [5.74, 6) is -8.23. The normalized spacial score (nSPS) is 19.2. The van der Waals surface area contributed by atoms with E-state index in [0.29, 0.717) is 87.5 Å². The number of rotatable bonds is 16. The summed E-state index contributed by atoms with van der Waals surface area (Å²) in [6.07, 6.45) is 2.19. The average molecular weight is 963 g/mol. The minimum Gasteiger partial charge on any atom is -0.480 e. The predicted molar refractivity (Wildman–Crippen MR) is 242 cm³/mol. The summed E-state index contributed by atoms with van der Waals surface area (Å²) >= 11 is 0. The molecule has 0 aliphatic carbocycles. The number of likely N-dealkylation sites (tertiary alicyclic amines) is 1. The molecule has 1 atom stereocenters. The molecule has 3 fully saturated rings. The minimum atomic E-state index is -3.19. The van der Waals surface area contributed by atoms with Crippen molar-refractivity contribution in [1.29, 1.82) is 5.26 Å². The summed E-state index contributed by atoms with van der Waals surface area (Å²) in [7, 11) is 0. The van der Waals surface area contributed by atoms with Crippen LogP contribution in [0.25, 0.3) is 22.0 Å². The number of alkyl halides is 2. The Morgan fingerprint density at radius 1 is 0.667 bits per heavy atom. The number of nitrogens with zero attached hydrogens (tertiary/aromatic N) is 10. The number of halogens is 2. The third-order valence-electron chi connectivity index (χ3n) is 12.3. The third kappa shape index (κ3) is 15.1. The van der Waals surface area contributed by atoms with Crippen LogP contribution in [0.3, 0.4) is 0 Å². The molecule has 5 heterocycles. The first-order valence-corrected chi connectivity index (χ1v) is 22.5. The molecular formula is C45H56F2N12O10. The number of hydrogen-bond acceptors (Lipinski definition) is 15. The Kier molecular flexibility index (Phi) is 17.9. The van der Waals surface area contributed by atoms with Crippen LogP contribution in [0, 0.1) is 11.3 Å². The number of nitriles is 1. The SMILES string of the molecule is N#C[C@@H]1CC(F)(F)CN1C(=O)CNC(=O)c1ccnc2ccc(-c3ccc(C(=O)NCCN4CCN(C(=O)CN5CCN(CC(=O)O)CCN(CC(=O)O)CCN(CC(=O)O)CC5)CC4)nc3)cc12. The van der Waals surface area contributed by atoms with Crippen LogP contribution < -0.4 is 10.6 Å². The standard InChI is InChI=1S/C45H56F2N12O10/c46-45(47)22-33(23-48)59(30-45)38(60)25-52-43(68)34-5-6-49-36-3-1-31(21-35(34)36)32-2-4-37(51-24-32)44(69)50-7-8-53-17-19-58(20-18-53)39(61)26-54-9-11-55(27-40(62)63)13-15-57(29-42(66)67)16-14-56(12-10-54)28-41(64)65/h1-6,21,24,33H,7-20,22,25-30H2,(H,50,69)(H,52,68)(H,62,63)(H,64,65)(H,66,67)/t33-/m0/s1. The molecule has 22 nitrogen and oxygen atoms in total. The maximum Gasteiger partial charge on any atom is 0.317 e. The highest BCUT2D eigenvalue weighted by molar-refractivity contribution is 6.07. The van der Waals surface area contributed by atoms with Crippen molar-refractivity contribution in [2.75, 3.05) is 131 Å². The first kappa shape index (κ1) is 51.6. The number of aromatic nitrogens is 2. The first-order chi connectivity index (χ1) is 33.0. The van der Waals surface area contributed by atoms with Gasteiger partial charge in [0.15, 0.2) is 0 Å². The lowest BCUT2D eigenvalue weighted by molar-refractivity contribution is -0.141. The monoisotopic (exact) mass is 962 g/mol. The van der Waals surface area contributed by atoms with Crippen molar-refractivity contribution >= 4 is 52.4 Å². The van der Waals surface area contributed by atoms with Crippen LogP contribution in [0.2, 0.25) is 0 Å². The van der Waals surface area contributed by atoms with E-state index in [-0.39, 0.29) is 69.5 Å². The highest BCUT2D eigenvalue weighted by Gasteiger charge is 2.47. The molecule has 0 radical (unpaired) electrons. The summed E-state index contributed by atoms with van der Waals surface area (Å²) in [5.41, 5.74) is 2.14. The van der Waals surface area contributed by atoms with E-state index in [2.05, 4.69) is 25.5 Å². The quantitative estimate of drug-likeness (QED) is 0.117. The number of fused-ring (bicyclic) bond motifs is 1.